The van der Waals surface area contributed by atoms with Crippen LogP contribution in [0.15, 0.2) is 12.1 Å². The Hall–Kier alpha value is -0.910. The number of hydrogen-bond acceptors (Lipinski definition) is 3. The summed E-state index contributed by atoms with van der Waals surface area (Å²) >= 11 is 0. The van der Waals surface area contributed by atoms with Crippen molar-refractivity contribution in [3.63, 3.8) is 0 Å². The van der Waals surface area contributed by atoms with Gasteiger partial charge in [0.15, 0.2) is 0 Å². The van der Waals surface area contributed by atoms with Crippen LogP contribution in [-0.2, 0) is 0 Å². The highest BCUT2D eigenvalue weighted by Gasteiger charge is 2.27. The van der Waals surface area contributed by atoms with Crippen molar-refractivity contribution >= 4 is 12.4 Å². The molecule has 1 saturated heterocycles. The van der Waals surface area contributed by atoms with Crippen LogP contribution in [0.1, 0.15) is 37.8 Å². The summed E-state index contributed by atoms with van der Waals surface area (Å²) in [5, 5.41) is 3.28. The van der Waals surface area contributed by atoms with Gasteiger partial charge in [0.05, 0.1) is 7.11 Å². The van der Waals surface area contributed by atoms with Crippen molar-refractivity contribution in [3.05, 3.63) is 29.3 Å². The molecule has 0 amide bonds. The van der Waals surface area contributed by atoms with Gasteiger partial charge in [0.1, 0.15) is 17.4 Å². The van der Waals surface area contributed by atoms with Crippen molar-refractivity contribution in [1.29, 1.82) is 0 Å². The molecule has 1 aromatic rings. The van der Waals surface area contributed by atoms with Crippen molar-refractivity contribution < 1.29 is 13.5 Å². The third-order valence-electron chi connectivity index (χ3n) is 4.04. The minimum absolute atomic E-state index is 0. The van der Waals surface area contributed by atoms with E-state index in [2.05, 4.69) is 17.1 Å². The van der Waals surface area contributed by atoms with Crippen LogP contribution in [0.3, 0.4) is 0 Å². The largest absolute Gasteiger partial charge is 0.497 e. The number of unbranched alkanes of at least 4 members (excludes halogenated alkanes) is 1. The molecule has 0 radical (unpaired) electrons. The maximum Gasteiger partial charge on any atom is 0.134 e. The number of nitrogens with zero attached hydrogens (tertiary/aromatic N) is 1. The first kappa shape index (κ1) is 19.1. The van der Waals surface area contributed by atoms with Crippen LogP contribution in [0.5, 0.6) is 5.75 Å². The molecule has 0 aliphatic carbocycles. The van der Waals surface area contributed by atoms with E-state index in [1.54, 1.807) is 0 Å². The Morgan fingerprint density at radius 3 is 2.32 bits per heavy atom. The highest BCUT2D eigenvalue weighted by Crippen LogP contribution is 2.33. The molecule has 1 atom stereocenters. The lowest BCUT2D eigenvalue weighted by Gasteiger charge is -2.35. The van der Waals surface area contributed by atoms with Crippen molar-refractivity contribution in [1.82, 2.24) is 10.2 Å². The number of nitrogens with one attached hydrogen (secondary N) is 1. The molecule has 0 saturated carbocycles. The van der Waals surface area contributed by atoms with Crippen LogP contribution < -0.4 is 10.1 Å². The van der Waals surface area contributed by atoms with E-state index in [9.17, 15) is 8.78 Å². The van der Waals surface area contributed by atoms with Gasteiger partial charge in [-0.2, -0.15) is 0 Å². The van der Waals surface area contributed by atoms with Gasteiger partial charge in [-0.25, -0.2) is 8.78 Å². The van der Waals surface area contributed by atoms with Crippen LogP contribution in [0.25, 0.3) is 0 Å². The fraction of sp³-hybridized carbons (Fsp3) is 0.625. The van der Waals surface area contributed by atoms with Gasteiger partial charge in [0.25, 0.3) is 0 Å². The third-order valence-corrected chi connectivity index (χ3v) is 4.04. The van der Waals surface area contributed by atoms with E-state index in [1.165, 1.54) is 19.2 Å². The Labute approximate surface area is 137 Å². The highest BCUT2D eigenvalue weighted by atomic mass is 35.5. The van der Waals surface area contributed by atoms with Gasteiger partial charge < -0.3 is 10.1 Å². The lowest BCUT2D eigenvalue weighted by atomic mass is 9.97. The van der Waals surface area contributed by atoms with E-state index in [0.29, 0.717) is 0 Å². The third kappa shape index (κ3) is 4.54. The van der Waals surface area contributed by atoms with E-state index in [0.717, 1.165) is 45.4 Å². The summed E-state index contributed by atoms with van der Waals surface area (Å²) in [6.45, 7) is 5.46. The maximum atomic E-state index is 14.4. The predicted octanol–water partition coefficient (Wildman–Crippen LogP) is 3.53. The molecule has 0 bridgehead atoms. The Bertz CT molecular complexity index is 444. The van der Waals surface area contributed by atoms with E-state index in [4.69, 9.17) is 4.74 Å². The summed E-state index contributed by atoms with van der Waals surface area (Å²) in [5.41, 5.74) is 0.186. The van der Waals surface area contributed by atoms with E-state index < -0.39 is 11.6 Å². The minimum Gasteiger partial charge on any atom is -0.497 e. The molecule has 1 aliphatic heterocycles. The summed E-state index contributed by atoms with van der Waals surface area (Å²) in [4.78, 5) is 2.18. The first-order chi connectivity index (χ1) is 10.2. The van der Waals surface area contributed by atoms with E-state index >= 15 is 0 Å². The number of halogens is 3. The lowest BCUT2D eigenvalue weighted by Crippen LogP contribution is -2.45. The minimum atomic E-state index is -0.508. The summed E-state index contributed by atoms with van der Waals surface area (Å²) < 4.78 is 33.7. The molecule has 0 unspecified atom stereocenters. The molecule has 0 aromatic heterocycles. The van der Waals surface area contributed by atoms with Crippen LogP contribution >= 0.6 is 12.4 Å². The van der Waals surface area contributed by atoms with Gasteiger partial charge in [-0.3, -0.25) is 4.90 Å². The van der Waals surface area contributed by atoms with Gasteiger partial charge in [-0.05, 0) is 6.42 Å². The number of rotatable bonds is 6. The van der Waals surface area contributed by atoms with Crippen LogP contribution in [0, 0.1) is 11.6 Å². The van der Waals surface area contributed by atoms with Crippen LogP contribution in [0.2, 0.25) is 0 Å². The van der Waals surface area contributed by atoms with Crippen molar-refractivity contribution in [2.45, 2.75) is 32.2 Å². The van der Waals surface area contributed by atoms with Gasteiger partial charge in [0.2, 0.25) is 0 Å². The van der Waals surface area contributed by atoms with Gasteiger partial charge in [-0.1, -0.05) is 19.8 Å². The average Bonchev–Trinajstić information content (AvgIpc) is 2.50. The molecule has 1 aromatic carbocycles. The number of methoxy groups -OCH3 is 1. The molecule has 0 spiro atoms. The second kappa shape index (κ2) is 9.28. The molecule has 1 heterocycles. The molecular weight excluding hydrogens is 310 g/mol. The average molecular weight is 335 g/mol. The van der Waals surface area contributed by atoms with Gasteiger partial charge >= 0.3 is 0 Å². The molecule has 3 nitrogen and oxygen atoms in total. The quantitative estimate of drug-likeness (QED) is 0.861. The molecule has 126 valence electrons. The van der Waals surface area contributed by atoms with Crippen molar-refractivity contribution in [2.75, 3.05) is 33.3 Å². The van der Waals surface area contributed by atoms with Crippen molar-refractivity contribution in [2.24, 2.45) is 0 Å². The maximum absolute atomic E-state index is 14.4. The summed E-state index contributed by atoms with van der Waals surface area (Å²) in [6, 6.07) is 2.36. The molecule has 1 fully saturated rings. The summed E-state index contributed by atoms with van der Waals surface area (Å²) in [6.07, 6.45) is 2.75. The van der Waals surface area contributed by atoms with Crippen molar-refractivity contribution in [3.8, 4) is 5.75 Å². The predicted molar refractivity (Wildman–Crippen MR) is 86.9 cm³/mol. The molecule has 2 rings (SSSR count). The Kier molecular flexibility index (Phi) is 8.07. The number of piperazine rings is 1. The monoisotopic (exact) mass is 334 g/mol. The zero-order valence-electron chi connectivity index (χ0n) is 13.2. The van der Waals surface area contributed by atoms with Gasteiger partial charge in [-0.15, -0.1) is 12.4 Å². The molecule has 22 heavy (non-hydrogen) atoms. The highest BCUT2D eigenvalue weighted by molar-refractivity contribution is 5.85. The topological polar surface area (TPSA) is 24.5 Å². The first-order valence-corrected chi connectivity index (χ1v) is 7.65. The second-order valence-electron chi connectivity index (χ2n) is 5.45. The molecular formula is C16H25ClF2N2O. The smallest absolute Gasteiger partial charge is 0.134 e. The fourth-order valence-electron chi connectivity index (χ4n) is 2.90. The van der Waals surface area contributed by atoms with E-state index in [1.807, 2.05) is 0 Å². The second-order valence-corrected chi connectivity index (χ2v) is 5.45. The zero-order valence-corrected chi connectivity index (χ0v) is 14.0. The zero-order chi connectivity index (χ0) is 15.2. The summed E-state index contributed by atoms with van der Waals surface area (Å²) in [5.74, 6) is -0.790. The fourth-order valence-corrected chi connectivity index (χ4v) is 2.90. The number of ether oxygens (including phenoxy) is 1. The van der Waals surface area contributed by atoms with Crippen LogP contribution in [-0.4, -0.2) is 38.2 Å². The SMILES string of the molecule is CCCC[C@H](c1c(F)cc(OC)cc1F)N1CCNCC1.Cl. The lowest BCUT2D eigenvalue weighted by molar-refractivity contribution is 0.156. The molecule has 1 N–H and O–H groups in total. The standard InChI is InChI=1S/C16H24F2N2O.ClH/c1-3-4-5-15(20-8-6-19-7-9-20)16-13(17)10-12(21-2)11-14(16)18;/h10-11,15,19H,3-9H2,1-2H3;1H/t15-;/m1./s1. The first-order valence-electron chi connectivity index (χ1n) is 7.65. The van der Waals surface area contributed by atoms with Crippen LogP contribution in [0.4, 0.5) is 8.78 Å². The number of hydrogen-bond donors (Lipinski definition) is 1. The number of benzene rings is 1. The Morgan fingerprint density at radius 2 is 1.82 bits per heavy atom. The normalized spacial score (nSPS) is 16.9. The molecule has 1 aliphatic rings. The van der Waals surface area contributed by atoms with Gasteiger partial charge in [0, 0.05) is 49.9 Å². The Balaban J connectivity index is 0.00000242. The molecule has 6 heteroatoms. The summed E-state index contributed by atoms with van der Waals surface area (Å²) in [7, 11) is 1.42. The Morgan fingerprint density at radius 1 is 1.23 bits per heavy atom. The van der Waals surface area contributed by atoms with E-state index in [-0.39, 0.29) is 29.8 Å².